The van der Waals surface area contributed by atoms with Crippen LogP contribution in [0.25, 0.3) is 0 Å². The molecule has 1 aliphatic heterocycles. The van der Waals surface area contributed by atoms with Crippen molar-refractivity contribution < 1.29 is 4.79 Å². The third kappa shape index (κ3) is 3.67. The Labute approximate surface area is 113 Å². The summed E-state index contributed by atoms with van der Waals surface area (Å²) in [7, 11) is 0. The summed E-state index contributed by atoms with van der Waals surface area (Å²) in [4.78, 5) is 11.8. The van der Waals surface area contributed by atoms with Crippen LogP contribution in [-0.2, 0) is 11.2 Å². The molecular formula is C14H20N2OS. The molecule has 3 nitrogen and oxygen atoms in total. The van der Waals surface area contributed by atoms with Crippen molar-refractivity contribution in [1.82, 2.24) is 0 Å². The van der Waals surface area contributed by atoms with Crippen LogP contribution < -0.4 is 10.6 Å². The first-order chi connectivity index (χ1) is 8.44. The molecular weight excluding hydrogens is 244 g/mol. The Kier molecular flexibility index (Phi) is 3.85. The maximum absolute atomic E-state index is 11.8. The molecule has 1 aliphatic rings. The highest BCUT2D eigenvalue weighted by atomic mass is 32.2. The summed E-state index contributed by atoms with van der Waals surface area (Å²) in [6.45, 7) is 7.34. The quantitative estimate of drug-likeness (QED) is 0.881. The molecule has 1 aromatic carbocycles. The van der Waals surface area contributed by atoms with Gasteiger partial charge >= 0.3 is 0 Å². The van der Waals surface area contributed by atoms with E-state index < -0.39 is 0 Å². The van der Waals surface area contributed by atoms with Crippen molar-refractivity contribution in [2.24, 2.45) is 0 Å². The molecule has 98 valence electrons. The number of anilines is 2. The Balaban J connectivity index is 1.91. The minimum Gasteiger partial charge on any atom is -0.384 e. The van der Waals surface area contributed by atoms with E-state index in [-0.39, 0.29) is 10.7 Å². The first kappa shape index (κ1) is 13.3. The number of carbonyl (C=O) groups is 1. The molecule has 1 aromatic rings. The summed E-state index contributed by atoms with van der Waals surface area (Å²) in [5.41, 5.74) is 3.38. The van der Waals surface area contributed by atoms with Crippen LogP contribution in [0.1, 0.15) is 26.3 Å². The normalized spacial score (nSPS) is 13.9. The van der Waals surface area contributed by atoms with Gasteiger partial charge in [0.15, 0.2) is 0 Å². The Morgan fingerprint density at radius 2 is 2.22 bits per heavy atom. The maximum atomic E-state index is 11.8. The fraction of sp³-hybridized carbons (Fsp3) is 0.500. The maximum Gasteiger partial charge on any atom is 0.234 e. The lowest BCUT2D eigenvalue weighted by atomic mass is 10.1. The van der Waals surface area contributed by atoms with Crippen molar-refractivity contribution in [1.29, 1.82) is 0 Å². The van der Waals surface area contributed by atoms with Crippen LogP contribution >= 0.6 is 11.8 Å². The third-order valence-electron chi connectivity index (χ3n) is 2.74. The molecule has 0 aromatic heterocycles. The van der Waals surface area contributed by atoms with Gasteiger partial charge in [-0.05, 0) is 30.2 Å². The second-order valence-corrected chi connectivity index (χ2v) is 7.30. The Bertz CT molecular complexity index is 452. The zero-order valence-electron chi connectivity index (χ0n) is 11.2. The van der Waals surface area contributed by atoms with E-state index in [1.807, 2.05) is 12.1 Å². The second kappa shape index (κ2) is 5.22. The number of fused-ring (bicyclic) bond motifs is 1. The van der Waals surface area contributed by atoms with Gasteiger partial charge in [-0.2, -0.15) is 0 Å². The molecule has 0 saturated heterocycles. The van der Waals surface area contributed by atoms with Crippen molar-refractivity contribution in [2.45, 2.75) is 31.9 Å². The SMILES string of the molecule is CC(C)(C)SCC(=O)Nc1ccc2c(c1)CCN2. The number of amides is 1. The molecule has 2 rings (SSSR count). The van der Waals surface area contributed by atoms with Gasteiger partial charge in [0.2, 0.25) is 5.91 Å². The van der Waals surface area contributed by atoms with Crippen LogP contribution in [0.15, 0.2) is 18.2 Å². The highest BCUT2D eigenvalue weighted by molar-refractivity contribution is 8.01. The smallest absolute Gasteiger partial charge is 0.234 e. The zero-order chi connectivity index (χ0) is 13.2. The van der Waals surface area contributed by atoms with Crippen LogP contribution in [0.3, 0.4) is 0 Å². The van der Waals surface area contributed by atoms with E-state index in [1.165, 1.54) is 11.3 Å². The molecule has 0 saturated carbocycles. The van der Waals surface area contributed by atoms with Crippen LogP contribution in [-0.4, -0.2) is 23.0 Å². The fourth-order valence-corrected chi connectivity index (χ4v) is 2.50. The van der Waals surface area contributed by atoms with Gasteiger partial charge < -0.3 is 10.6 Å². The molecule has 18 heavy (non-hydrogen) atoms. The van der Waals surface area contributed by atoms with E-state index in [0.29, 0.717) is 5.75 Å². The number of carbonyl (C=O) groups excluding carboxylic acids is 1. The first-order valence-electron chi connectivity index (χ1n) is 6.25. The number of benzene rings is 1. The van der Waals surface area contributed by atoms with Crippen molar-refractivity contribution in [3.8, 4) is 0 Å². The van der Waals surface area contributed by atoms with Gasteiger partial charge in [0.05, 0.1) is 5.75 Å². The Morgan fingerprint density at radius 3 is 2.94 bits per heavy atom. The van der Waals surface area contributed by atoms with E-state index in [4.69, 9.17) is 0 Å². The van der Waals surface area contributed by atoms with E-state index >= 15 is 0 Å². The van der Waals surface area contributed by atoms with E-state index in [2.05, 4.69) is 37.5 Å². The summed E-state index contributed by atoms with van der Waals surface area (Å²) in [6, 6.07) is 6.06. The van der Waals surface area contributed by atoms with Crippen LogP contribution in [0.5, 0.6) is 0 Å². The molecule has 4 heteroatoms. The minimum atomic E-state index is 0.0702. The van der Waals surface area contributed by atoms with Gasteiger partial charge in [0.1, 0.15) is 0 Å². The lowest BCUT2D eigenvalue weighted by molar-refractivity contribution is -0.113. The summed E-state index contributed by atoms with van der Waals surface area (Å²) in [6.07, 6.45) is 1.04. The second-order valence-electron chi connectivity index (χ2n) is 5.50. The molecule has 1 heterocycles. The van der Waals surface area contributed by atoms with Gasteiger partial charge in [-0.15, -0.1) is 11.8 Å². The predicted molar refractivity (Wildman–Crippen MR) is 79.5 cm³/mol. The summed E-state index contributed by atoms with van der Waals surface area (Å²) in [5.74, 6) is 0.569. The van der Waals surface area contributed by atoms with Crippen LogP contribution in [0.4, 0.5) is 11.4 Å². The van der Waals surface area contributed by atoms with E-state index in [9.17, 15) is 4.79 Å². The number of thioether (sulfide) groups is 1. The zero-order valence-corrected chi connectivity index (χ0v) is 12.0. The van der Waals surface area contributed by atoms with E-state index in [0.717, 1.165) is 18.7 Å². The van der Waals surface area contributed by atoms with Gasteiger partial charge in [-0.3, -0.25) is 4.79 Å². The molecule has 0 bridgehead atoms. The first-order valence-corrected chi connectivity index (χ1v) is 7.23. The van der Waals surface area contributed by atoms with Gasteiger partial charge in [0, 0.05) is 22.7 Å². The average Bonchev–Trinajstić information content (AvgIpc) is 2.72. The third-order valence-corrected chi connectivity index (χ3v) is 4.01. The van der Waals surface area contributed by atoms with Crippen LogP contribution in [0.2, 0.25) is 0 Å². The lowest BCUT2D eigenvalue weighted by Gasteiger charge is -2.17. The fourth-order valence-electron chi connectivity index (χ4n) is 1.86. The van der Waals surface area contributed by atoms with Gasteiger partial charge in [-0.25, -0.2) is 0 Å². The van der Waals surface area contributed by atoms with Crippen LogP contribution in [0, 0.1) is 0 Å². The number of rotatable bonds is 3. The Hall–Kier alpha value is -1.16. The molecule has 0 atom stereocenters. The summed E-state index contributed by atoms with van der Waals surface area (Å²) in [5, 5.41) is 6.27. The summed E-state index contributed by atoms with van der Waals surface area (Å²) >= 11 is 1.66. The van der Waals surface area contributed by atoms with Gasteiger partial charge in [-0.1, -0.05) is 20.8 Å². The number of nitrogens with one attached hydrogen (secondary N) is 2. The highest BCUT2D eigenvalue weighted by Crippen LogP contribution is 2.26. The largest absolute Gasteiger partial charge is 0.384 e. The number of hydrogen-bond donors (Lipinski definition) is 2. The molecule has 1 amide bonds. The number of hydrogen-bond acceptors (Lipinski definition) is 3. The predicted octanol–water partition coefficient (Wildman–Crippen LogP) is 3.12. The standard InChI is InChI=1S/C14H20N2OS/c1-14(2,3)18-9-13(17)16-11-4-5-12-10(8-11)6-7-15-12/h4-5,8,15H,6-7,9H2,1-3H3,(H,16,17). The molecule has 0 spiro atoms. The molecule has 2 N–H and O–H groups in total. The molecule has 0 fully saturated rings. The molecule has 0 aliphatic carbocycles. The minimum absolute atomic E-state index is 0.0702. The molecule has 0 radical (unpaired) electrons. The lowest BCUT2D eigenvalue weighted by Crippen LogP contribution is -2.18. The molecule has 0 unspecified atom stereocenters. The van der Waals surface area contributed by atoms with Gasteiger partial charge in [0.25, 0.3) is 0 Å². The monoisotopic (exact) mass is 264 g/mol. The van der Waals surface area contributed by atoms with Crippen molar-refractivity contribution in [2.75, 3.05) is 22.9 Å². The highest BCUT2D eigenvalue weighted by Gasteiger charge is 2.14. The topological polar surface area (TPSA) is 41.1 Å². The van der Waals surface area contributed by atoms with E-state index in [1.54, 1.807) is 11.8 Å². The van der Waals surface area contributed by atoms with Crippen molar-refractivity contribution in [3.63, 3.8) is 0 Å². The summed E-state index contributed by atoms with van der Waals surface area (Å²) < 4.78 is 0.124. The Morgan fingerprint density at radius 1 is 1.44 bits per heavy atom. The van der Waals surface area contributed by atoms with Crippen molar-refractivity contribution in [3.05, 3.63) is 23.8 Å². The average molecular weight is 264 g/mol. The van der Waals surface area contributed by atoms with Crippen molar-refractivity contribution >= 4 is 29.0 Å².